The average Bonchev–Trinajstić information content (AvgIpc) is 2.23. The third kappa shape index (κ3) is 4.94. The number of nitrogens with one attached hydrogen (secondary N) is 1. The Balaban J connectivity index is 0.00000256. The summed E-state index contributed by atoms with van der Waals surface area (Å²) in [6.07, 6.45) is -0.109. The molecule has 0 saturated heterocycles. The van der Waals surface area contributed by atoms with Crippen LogP contribution < -0.4 is 10.1 Å². The van der Waals surface area contributed by atoms with E-state index in [4.69, 9.17) is 9.84 Å². The molecule has 4 heteroatoms. The van der Waals surface area contributed by atoms with Crippen molar-refractivity contribution >= 4 is 12.4 Å². The largest absolute Gasteiger partial charge is 0.475 e. The summed E-state index contributed by atoms with van der Waals surface area (Å²) in [5, 5.41) is 12.1. The van der Waals surface area contributed by atoms with Crippen molar-refractivity contribution in [1.82, 2.24) is 5.32 Å². The van der Waals surface area contributed by atoms with Gasteiger partial charge in [0.2, 0.25) is 0 Å². The number of para-hydroxylation sites is 1. The van der Waals surface area contributed by atoms with E-state index >= 15 is 0 Å². The first kappa shape index (κ1) is 16.2. The van der Waals surface area contributed by atoms with Crippen LogP contribution in [0.1, 0.15) is 25.0 Å². The van der Waals surface area contributed by atoms with Crippen molar-refractivity contribution in [3.63, 3.8) is 0 Å². The first-order valence-corrected chi connectivity index (χ1v) is 5.64. The third-order valence-electron chi connectivity index (χ3n) is 2.50. The van der Waals surface area contributed by atoms with Gasteiger partial charge in [0.1, 0.15) is 12.0 Å². The van der Waals surface area contributed by atoms with E-state index in [0.717, 1.165) is 16.9 Å². The quantitative estimate of drug-likeness (QED) is 0.798. The summed E-state index contributed by atoms with van der Waals surface area (Å²) in [5.41, 5.74) is 2.26. The van der Waals surface area contributed by atoms with Gasteiger partial charge in [0.15, 0.2) is 0 Å². The maximum absolute atomic E-state index is 8.94. The molecule has 0 bridgehead atoms. The molecule has 0 aliphatic carbocycles. The van der Waals surface area contributed by atoms with Crippen molar-refractivity contribution in [3.8, 4) is 5.75 Å². The summed E-state index contributed by atoms with van der Waals surface area (Å²) in [7, 11) is 0. The van der Waals surface area contributed by atoms with Gasteiger partial charge >= 0.3 is 0 Å². The molecule has 0 aliphatic rings. The molecule has 3 nitrogen and oxygen atoms in total. The van der Waals surface area contributed by atoms with Gasteiger partial charge in [-0.15, -0.1) is 12.4 Å². The van der Waals surface area contributed by atoms with Crippen LogP contribution in [0.25, 0.3) is 0 Å². The van der Waals surface area contributed by atoms with Gasteiger partial charge < -0.3 is 9.84 Å². The molecular weight excluding hydrogens is 238 g/mol. The summed E-state index contributed by atoms with van der Waals surface area (Å²) < 4.78 is 5.83. The molecule has 1 unspecified atom stereocenters. The maximum atomic E-state index is 8.94. The Bertz CT molecular complexity index is 324. The van der Waals surface area contributed by atoms with Crippen LogP contribution in [0.15, 0.2) is 18.2 Å². The number of rotatable bonds is 5. The second-order valence-corrected chi connectivity index (χ2v) is 4.23. The fourth-order valence-electron chi connectivity index (χ4n) is 1.65. The molecule has 1 aromatic rings. The molecule has 0 saturated carbocycles. The summed E-state index contributed by atoms with van der Waals surface area (Å²) in [5.74, 6) is 0.924. The Morgan fingerprint density at radius 3 is 2.24 bits per heavy atom. The van der Waals surface area contributed by atoms with E-state index in [1.807, 2.05) is 45.9 Å². The zero-order valence-corrected chi connectivity index (χ0v) is 11.7. The van der Waals surface area contributed by atoms with Crippen LogP contribution in [-0.4, -0.2) is 24.0 Å². The van der Waals surface area contributed by atoms with Crippen LogP contribution in [0.5, 0.6) is 5.75 Å². The Hall–Kier alpha value is -0.770. The smallest absolute Gasteiger partial charge is 0.147 e. The summed E-state index contributed by atoms with van der Waals surface area (Å²) >= 11 is 0. The van der Waals surface area contributed by atoms with E-state index in [9.17, 15) is 0 Å². The van der Waals surface area contributed by atoms with E-state index in [1.54, 1.807) is 0 Å². The first-order valence-electron chi connectivity index (χ1n) is 5.64. The summed E-state index contributed by atoms with van der Waals surface area (Å²) in [6.45, 7) is 8.04. The zero-order chi connectivity index (χ0) is 12.1. The van der Waals surface area contributed by atoms with Crippen molar-refractivity contribution in [3.05, 3.63) is 29.3 Å². The van der Waals surface area contributed by atoms with E-state index in [0.29, 0.717) is 0 Å². The molecule has 0 radical (unpaired) electrons. The number of hydrogen-bond donors (Lipinski definition) is 2. The highest BCUT2D eigenvalue weighted by Crippen LogP contribution is 2.23. The number of halogens is 1. The van der Waals surface area contributed by atoms with Crippen LogP contribution in [-0.2, 0) is 0 Å². The van der Waals surface area contributed by atoms with Crippen LogP contribution in [0.4, 0.5) is 0 Å². The lowest BCUT2D eigenvalue weighted by atomic mass is 10.1. The zero-order valence-electron chi connectivity index (χ0n) is 10.9. The molecule has 0 heterocycles. The van der Waals surface area contributed by atoms with Gasteiger partial charge in [-0.05, 0) is 38.8 Å². The number of aryl methyl sites for hydroxylation is 2. The number of aliphatic hydroxyl groups is 1. The molecule has 98 valence electrons. The van der Waals surface area contributed by atoms with Gasteiger partial charge in [-0.3, -0.25) is 5.32 Å². The van der Waals surface area contributed by atoms with Gasteiger partial charge in [0, 0.05) is 6.04 Å². The van der Waals surface area contributed by atoms with Gasteiger partial charge in [-0.1, -0.05) is 18.2 Å². The third-order valence-corrected chi connectivity index (χ3v) is 2.50. The lowest BCUT2D eigenvalue weighted by molar-refractivity contribution is 0.143. The van der Waals surface area contributed by atoms with Gasteiger partial charge in [-0.25, -0.2) is 0 Å². The van der Waals surface area contributed by atoms with Crippen LogP contribution in [0.3, 0.4) is 0 Å². The molecule has 2 atom stereocenters. The lowest BCUT2D eigenvalue weighted by Crippen LogP contribution is -2.40. The van der Waals surface area contributed by atoms with Crippen LogP contribution in [0.2, 0.25) is 0 Å². The fraction of sp³-hybridized carbons (Fsp3) is 0.538. The van der Waals surface area contributed by atoms with Crippen molar-refractivity contribution in [2.24, 2.45) is 0 Å². The first-order chi connectivity index (χ1) is 7.54. The normalized spacial score (nSPS) is 13.7. The predicted octanol–water partition coefficient (Wildman–Crippen LogP) is 2.42. The Morgan fingerprint density at radius 1 is 1.24 bits per heavy atom. The van der Waals surface area contributed by atoms with E-state index in [2.05, 4.69) is 5.32 Å². The molecule has 0 spiro atoms. The number of hydrogen-bond acceptors (Lipinski definition) is 3. The standard InChI is InChI=1S/C13H21NO2.ClH/c1-9-6-5-7-10(2)13(9)16-12(4)14-11(3)8-15;/h5-7,11-12,14-15H,8H2,1-4H3;1H/t11-,12?;/m0./s1. The molecule has 17 heavy (non-hydrogen) atoms. The Labute approximate surface area is 110 Å². The van der Waals surface area contributed by atoms with E-state index in [1.165, 1.54) is 0 Å². The van der Waals surface area contributed by atoms with Crippen molar-refractivity contribution in [2.75, 3.05) is 6.61 Å². The number of aliphatic hydroxyl groups excluding tert-OH is 1. The SMILES string of the molecule is Cc1cccc(C)c1OC(C)N[C@@H](C)CO.Cl. The second kappa shape index (κ2) is 7.54. The topological polar surface area (TPSA) is 41.5 Å². The highest BCUT2D eigenvalue weighted by atomic mass is 35.5. The van der Waals surface area contributed by atoms with E-state index in [-0.39, 0.29) is 31.3 Å². The molecule has 0 aliphatic heterocycles. The number of ether oxygens (including phenoxy) is 1. The second-order valence-electron chi connectivity index (χ2n) is 4.23. The minimum absolute atomic E-state index is 0. The van der Waals surface area contributed by atoms with Crippen LogP contribution >= 0.6 is 12.4 Å². The minimum atomic E-state index is -0.109. The highest BCUT2D eigenvalue weighted by Gasteiger charge is 2.10. The molecule has 0 aromatic heterocycles. The van der Waals surface area contributed by atoms with Gasteiger partial charge in [0.05, 0.1) is 6.61 Å². The predicted molar refractivity (Wildman–Crippen MR) is 72.9 cm³/mol. The van der Waals surface area contributed by atoms with Gasteiger partial charge in [0.25, 0.3) is 0 Å². The molecular formula is C13H22ClNO2. The Morgan fingerprint density at radius 2 is 1.76 bits per heavy atom. The lowest BCUT2D eigenvalue weighted by Gasteiger charge is -2.22. The van der Waals surface area contributed by atoms with Gasteiger partial charge in [-0.2, -0.15) is 0 Å². The monoisotopic (exact) mass is 259 g/mol. The molecule has 1 aromatic carbocycles. The van der Waals surface area contributed by atoms with Crippen molar-refractivity contribution in [2.45, 2.75) is 40.0 Å². The summed E-state index contributed by atoms with van der Waals surface area (Å²) in [4.78, 5) is 0. The fourth-order valence-corrected chi connectivity index (χ4v) is 1.65. The minimum Gasteiger partial charge on any atom is -0.475 e. The molecule has 1 rings (SSSR count). The highest BCUT2D eigenvalue weighted by molar-refractivity contribution is 5.85. The van der Waals surface area contributed by atoms with Crippen molar-refractivity contribution in [1.29, 1.82) is 0 Å². The average molecular weight is 260 g/mol. The Kier molecular flexibility index (Phi) is 7.19. The van der Waals surface area contributed by atoms with Crippen molar-refractivity contribution < 1.29 is 9.84 Å². The van der Waals surface area contributed by atoms with Crippen LogP contribution in [0, 0.1) is 13.8 Å². The maximum Gasteiger partial charge on any atom is 0.147 e. The molecule has 0 fully saturated rings. The number of benzene rings is 1. The molecule has 2 N–H and O–H groups in total. The van der Waals surface area contributed by atoms with E-state index < -0.39 is 0 Å². The molecule has 0 amide bonds. The summed E-state index contributed by atoms with van der Waals surface area (Å²) in [6, 6.07) is 6.13.